The Balaban J connectivity index is 2.81. The largest absolute Gasteiger partial charge is 0.244 e. The van der Waals surface area contributed by atoms with Gasteiger partial charge in [0, 0.05) is 23.5 Å². The molecule has 0 fully saturated rings. The summed E-state index contributed by atoms with van der Waals surface area (Å²) in [6.07, 6.45) is 1.34. The van der Waals surface area contributed by atoms with E-state index in [1.165, 1.54) is 0 Å². The van der Waals surface area contributed by atoms with Gasteiger partial charge in [-0.3, -0.25) is 0 Å². The van der Waals surface area contributed by atoms with Crippen LogP contribution in [-0.4, -0.2) is 15.0 Å². The Hall–Kier alpha value is -1.04. The molecule has 0 amide bonds. The third-order valence-corrected chi connectivity index (χ3v) is 4.66. The molecular weight excluding hydrogens is 342 g/mol. The van der Waals surface area contributed by atoms with Crippen LogP contribution in [0.4, 0.5) is 8.78 Å². The van der Waals surface area contributed by atoms with E-state index in [1.807, 2.05) is 6.07 Å². The summed E-state index contributed by atoms with van der Waals surface area (Å²) >= 11 is 2.83. The van der Waals surface area contributed by atoms with Gasteiger partial charge in [0.25, 0.3) is 0 Å². The number of rotatable bonds is 6. The second kappa shape index (κ2) is 6.93. The lowest BCUT2D eigenvalue weighted by molar-refractivity contribution is 0.539. The van der Waals surface area contributed by atoms with Crippen molar-refractivity contribution in [3.8, 4) is 6.07 Å². The molecule has 104 valence electrons. The summed E-state index contributed by atoms with van der Waals surface area (Å²) in [4.78, 5) is -0.616. The van der Waals surface area contributed by atoms with Crippen LogP contribution in [-0.2, 0) is 10.0 Å². The Morgan fingerprint density at radius 3 is 2.58 bits per heavy atom. The minimum Gasteiger partial charge on any atom is -0.211 e. The van der Waals surface area contributed by atoms with Gasteiger partial charge in [0.2, 0.25) is 10.0 Å². The first-order chi connectivity index (χ1) is 8.88. The van der Waals surface area contributed by atoms with E-state index in [1.54, 1.807) is 0 Å². The smallest absolute Gasteiger partial charge is 0.211 e. The zero-order valence-corrected chi connectivity index (χ0v) is 12.2. The maximum absolute atomic E-state index is 13.5. The Morgan fingerprint density at radius 2 is 2.00 bits per heavy atom. The maximum Gasteiger partial charge on any atom is 0.244 e. The molecule has 1 N–H and O–H groups in total. The van der Waals surface area contributed by atoms with Gasteiger partial charge in [0.1, 0.15) is 16.5 Å². The Bertz CT molecular complexity index is 576. The van der Waals surface area contributed by atoms with E-state index < -0.39 is 26.6 Å². The maximum atomic E-state index is 13.5. The van der Waals surface area contributed by atoms with E-state index in [2.05, 4.69) is 20.7 Å². The molecule has 0 spiro atoms. The standard InChI is InChI=1S/C11H11BrF2N2O2S/c12-9-6-8(13)7-10(14)11(9)19(17,18)16-5-3-1-2-4-15/h6-7,16H,1-3,5H2. The van der Waals surface area contributed by atoms with E-state index in [0.29, 0.717) is 25.3 Å². The van der Waals surface area contributed by atoms with Crippen LogP contribution in [0.1, 0.15) is 19.3 Å². The monoisotopic (exact) mass is 352 g/mol. The average molecular weight is 353 g/mol. The van der Waals surface area contributed by atoms with E-state index in [9.17, 15) is 17.2 Å². The van der Waals surface area contributed by atoms with Crippen LogP contribution in [0.3, 0.4) is 0 Å². The third kappa shape index (κ3) is 4.53. The van der Waals surface area contributed by atoms with Gasteiger partial charge in [-0.1, -0.05) is 0 Å². The second-order valence-electron chi connectivity index (χ2n) is 3.71. The fourth-order valence-electron chi connectivity index (χ4n) is 1.39. The van der Waals surface area contributed by atoms with Crippen LogP contribution >= 0.6 is 15.9 Å². The molecule has 0 aliphatic rings. The molecule has 1 rings (SSSR count). The second-order valence-corrected chi connectivity index (χ2v) is 6.27. The number of halogens is 3. The molecule has 0 saturated carbocycles. The number of nitrogens with one attached hydrogen (secondary N) is 1. The molecule has 0 aromatic heterocycles. The lowest BCUT2D eigenvalue weighted by atomic mass is 10.2. The zero-order chi connectivity index (χ0) is 14.5. The van der Waals surface area contributed by atoms with Gasteiger partial charge < -0.3 is 0 Å². The summed E-state index contributed by atoms with van der Waals surface area (Å²) in [5.74, 6) is -2.02. The summed E-state index contributed by atoms with van der Waals surface area (Å²) in [6.45, 7) is 0.0905. The Labute approximate surface area is 118 Å². The minimum absolute atomic E-state index is 0.0905. The number of nitrogens with zero attached hydrogens (tertiary/aromatic N) is 1. The Morgan fingerprint density at radius 1 is 1.32 bits per heavy atom. The van der Waals surface area contributed by atoms with Gasteiger partial charge in [-0.25, -0.2) is 21.9 Å². The minimum atomic E-state index is -4.05. The summed E-state index contributed by atoms with van der Waals surface area (Å²) in [6, 6.07) is 3.33. The molecule has 0 aliphatic heterocycles. The highest BCUT2D eigenvalue weighted by Crippen LogP contribution is 2.26. The molecule has 0 unspecified atom stereocenters. The number of benzene rings is 1. The fourth-order valence-corrected chi connectivity index (χ4v) is 3.63. The highest BCUT2D eigenvalue weighted by Gasteiger charge is 2.23. The van der Waals surface area contributed by atoms with E-state index in [0.717, 1.165) is 6.07 Å². The average Bonchev–Trinajstić information content (AvgIpc) is 2.26. The molecule has 4 nitrogen and oxygen atoms in total. The fraction of sp³-hybridized carbons (Fsp3) is 0.364. The number of sulfonamides is 1. The number of hydrogen-bond acceptors (Lipinski definition) is 3. The van der Waals surface area contributed by atoms with Crippen LogP contribution in [0.2, 0.25) is 0 Å². The lowest BCUT2D eigenvalue weighted by Crippen LogP contribution is -2.26. The molecule has 1 aromatic rings. The van der Waals surface area contributed by atoms with Gasteiger partial charge in [-0.05, 0) is 34.8 Å². The molecule has 0 atom stereocenters. The van der Waals surface area contributed by atoms with Crippen molar-refractivity contribution in [2.24, 2.45) is 0 Å². The summed E-state index contributed by atoms with van der Waals surface area (Å²) < 4.78 is 52.1. The highest BCUT2D eigenvalue weighted by molar-refractivity contribution is 9.10. The van der Waals surface area contributed by atoms with Crippen molar-refractivity contribution in [1.29, 1.82) is 5.26 Å². The molecule has 0 bridgehead atoms. The highest BCUT2D eigenvalue weighted by atomic mass is 79.9. The third-order valence-electron chi connectivity index (χ3n) is 2.24. The van der Waals surface area contributed by atoms with Crippen molar-refractivity contribution in [3.63, 3.8) is 0 Å². The summed E-state index contributed by atoms with van der Waals surface area (Å²) in [7, 11) is -4.05. The van der Waals surface area contributed by atoms with Crippen LogP contribution in [0.25, 0.3) is 0 Å². The van der Waals surface area contributed by atoms with Crippen molar-refractivity contribution in [1.82, 2.24) is 4.72 Å². The molecule has 19 heavy (non-hydrogen) atoms. The Kier molecular flexibility index (Phi) is 5.85. The summed E-state index contributed by atoms with van der Waals surface area (Å²) in [5, 5.41) is 8.32. The predicted octanol–water partition coefficient (Wildman–Crippen LogP) is 2.70. The molecule has 0 radical (unpaired) electrons. The van der Waals surface area contributed by atoms with E-state index in [4.69, 9.17) is 5.26 Å². The molecule has 8 heteroatoms. The molecular formula is C11H11BrF2N2O2S. The van der Waals surface area contributed by atoms with Gasteiger partial charge in [-0.2, -0.15) is 5.26 Å². The van der Waals surface area contributed by atoms with Gasteiger partial charge in [0.15, 0.2) is 0 Å². The number of hydrogen-bond donors (Lipinski definition) is 1. The van der Waals surface area contributed by atoms with Crippen LogP contribution in [0.5, 0.6) is 0 Å². The van der Waals surface area contributed by atoms with Crippen LogP contribution in [0.15, 0.2) is 21.5 Å². The quantitative estimate of drug-likeness (QED) is 0.800. The van der Waals surface area contributed by atoms with Crippen LogP contribution in [0, 0.1) is 23.0 Å². The van der Waals surface area contributed by atoms with Crippen molar-refractivity contribution in [3.05, 3.63) is 28.2 Å². The molecule has 1 aromatic carbocycles. The van der Waals surface area contributed by atoms with Gasteiger partial charge in [-0.15, -0.1) is 0 Å². The van der Waals surface area contributed by atoms with Crippen molar-refractivity contribution < 1.29 is 17.2 Å². The first kappa shape index (κ1) is 16.0. The van der Waals surface area contributed by atoms with Crippen molar-refractivity contribution in [2.75, 3.05) is 6.54 Å². The molecule has 0 aliphatic carbocycles. The lowest BCUT2D eigenvalue weighted by Gasteiger charge is -2.09. The van der Waals surface area contributed by atoms with Crippen molar-refractivity contribution >= 4 is 26.0 Å². The number of unbranched alkanes of at least 4 members (excludes halogenated alkanes) is 2. The normalized spacial score (nSPS) is 11.3. The first-order valence-electron chi connectivity index (χ1n) is 5.39. The van der Waals surface area contributed by atoms with Crippen molar-refractivity contribution in [2.45, 2.75) is 24.2 Å². The SMILES string of the molecule is N#CCCCCNS(=O)(=O)c1c(F)cc(F)cc1Br. The number of nitriles is 1. The van der Waals surface area contributed by atoms with E-state index in [-0.39, 0.29) is 11.0 Å². The molecule has 0 saturated heterocycles. The zero-order valence-electron chi connectivity index (χ0n) is 9.79. The van der Waals surface area contributed by atoms with Gasteiger partial charge >= 0.3 is 0 Å². The van der Waals surface area contributed by atoms with Gasteiger partial charge in [0.05, 0.1) is 6.07 Å². The topological polar surface area (TPSA) is 70.0 Å². The summed E-state index contributed by atoms with van der Waals surface area (Å²) in [5.41, 5.74) is 0. The predicted molar refractivity (Wildman–Crippen MR) is 68.7 cm³/mol. The first-order valence-corrected chi connectivity index (χ1v) is 7.67. The van der Waals surface area contributed by atoms with E-state index >= 15 is 0 Å². The molecule has 0 heterocycles. The van der Waals surface area contributed by atoms with Crippen LogP contribution < -0.4 is 4.72 Å².